The number of thiazole rings is 1. The first-order valence-electron chi connectivity index (χ1n) is 9.25. The molecule has 26 heavy (non-hydrogen) atoms. The monoisotopic (exact) mass is 372 g/mol. The van der Waals surface area contributed by atoms with E-state index in [1.807, 2.05) is 25.7 Å². The molecule has 1 fully saturated rings. The van der Waals surface area contributed by atoms with Crippen molar-refractivity contribution >= 4 is 17.4 Å². The van der Waals surface area contributed by atoms with Crippen molar-refractivity contribution in [2.45, 2.75) is 59.0 Å². The van der Waals surface area contributed by atoms with Gasteiger partial charge in [-0.1, -0.05) is 29.8 Å². The number of rotatable bonds is 2. The molecule has 1 saturated heterocycles. The number of likely N-dealkylation sites (tertiary alicyclic amines) is 1. The Morgan fingerprint density at radius 1 is 1.23 bits per heavy atom. The van der Waals surface area contributed by atoms with Gasteiger partial charge in [0.25, 0.3) is 0 Å². The van der Waals surface area contributed by atoms with E-state index < -0.39 is 5.60 Å². The van der Waals surface area contributed by atoms with E-state index in [1.165, 1.54) is 21.0 Å². The molecule has 5 heteroatoms. The number of hydrogen-bond acceptors (Lipinski definition) is 4. The van der Waals surface area contributed by atoms with Gasteiger partial charge in [0.15, 0.2) is 0 Å². The molecule has 1 amide bonds. The molecule has 1 aromatic heterocycles. The first-order chi connectivity index (χ1) is 12.2. The lowest BCUT2D eigenvalue weighted by molar-refractivity contribution is 0.0205. The molecule has 0 bridgehead atoms. The van der Waals surface area contributed by atoms with Gasteiger partial charge in [0, 0.05) is 19.0 Å². The van der Waals surface area contributed by atoms with Crippen molar-refractivity contribution in [2.75, 3.05) is 13.1 Å². The first kappa shape index (κ1) is 18.9. The highest BCUT2D eigenvalue weighted by atomic mass is 32.1. The van der Waals surface area contributed by atoms with Gasteiger partial charge in [-0.05, 0) is 53.0 Å². The molecule has 2 heterocycles. The predicted octanol–water partition coefficient (Wildman–Crippen LogP) is 5.54. The van der Waals surface area contributed by atoms with Crippen LogP contribution in [0.4, 0.5) is 4.79 Å². The Morgan fingerprint density at radius 3 is 2.54 bits per heavy atom. The fraction of sp³-hybridized carbons (Fsp3) is 0.524. The molecular weight excluding hydrogens is 344 g/mol. The topological polar surface area (TPSA) is 42.4 Å². The second-order valence-corrected chi connectivity index (χ2v) is 9.11. The SMILES string of the molecule is Cc1cccc(-c2sc(C3CCN(C(=O)OC(C)(C)C)CC3)nc2C)c1. The van der Waals surface area contributed by atoms with Gasteiger partial charge in [-0.15, -0.1) is 11.3 Å². The van der Waals surface area contributed by atoms with Gasteiger partial charge in [-0.2, -0.15) is 0 Å². The van der Waals surface area contributed by atoms with E-state index in [0.717, 1.165) is 31.6 Å². The number of ether oxygens (including phenoxy) is 1. The Bertz CT molecular complexity index is 784. The van der Waals surface area contributed by atoms with Crippen LogP contribution in [0.5, 0.6) is 0 Å². The van der Waals surface area contributed by atoms with E-state index >= 15 is 0 Å². The predicted molar refractivity (Wildman–Crippen MR) is 107 cm³/mol. The number of hydrogen-bond donors (Lipinski definition) is 0. The summed E-state index contributed by atoms with van der Waals surface area (Å²) in [6, 6.07) is 8.59. The number of aromatic nitrogens is 1. The van der Waals surface area contributed by atoms with Crippen LogP contribution < -0.4 is 0 Å². The maximum atomic E-state index is 12.2. The molecule has 0 N–H and O–H groups in total. The maximum absolute atomic E-state index is 12.2. The van der Waals surface area contributed by atoms with Crippen molar-refractivity contribution in [1.29, 1.82) is 0 Å². The number of nitrogens with zero attached hydrogens (tertiary/aromatic N) is 2. The van der Waals surface area contributed by atoms with Gasteiger partial charge in [-0.25, -0.2) is 9.78 Å². The van der Waals surface area contributed by atoms with Crippen LogP contribution in [-0.4, -0.2) is 34.7 Å². The normalized spacial score (nSPS) is 16.0. The number of piperidine rings is 1. The standard InChI is InChI=1S/C21H28N2O2S/c1-14-7-6-8-17(13-14)18-15(2)22-19(26-18)16-9-11-23(12-10-16)20(24)25-21(3,4)5/h6-8,13,16H,9-12H2,1-5H3. The summed E-state index contributed by atoms with van der Waals surface area (Å²) in [7, 11) is 0. The van der Waals surface area contributed by atoms with Crippen molar-refractivity contribution in [3.63, 3.8) is 0 Å². The van der Waals surface area contributed by atoms with E-state index in [4.69, 9.17) is 9.72 Å². The maximum Gasteiger partial charge on any atom is 0.410 e. The summed E-state index contributed by atoms with van der Waals surface area (Å²) >= 11 is 1.80. The molecule has 1 aliphatic rings. The summed E-state index contributed by atoms with van der Waals surface area (Å²) < 4.78 is 5.48. The summed E-state index contributed by atoms with van der Waals surface area (Å²) in [6.07, 6.45) is 1.69. The lowest BCUT2D eigenvalue weighted by atomic mass is 9.98. The molecule has 0 spiro atoms. The molecule has 3 rings (SSSR count). The van der Waals surface area contributed by atoms with Crippen molar-refractivity contribution in [1.82, 2.24) is 9.88 Å². The largest absolute Gasteiger partial charge is 0.444 e. The summed E-state index contributed by atoms with van der Waals surface area (Å²) in [5.41, 5.74) is 3.17. The fourth-order valence-corrected chi connectivity index (χ4v) is 4.51. The smallest absolute Gasteiger partial charge is 0.410 e. The van der Waals surface area contributed by atoms with Crippen molar-refractivity contribution in [3.05, 3.63) is 40.5 Å². The lowest BCUT2D eigenvalue weighted by Gasteiger charge is -2.32. The first-order valence-corrected chi connectivity index (χ1v) is 10.1. The number of carbonyl (C=O) groups is 1. The highest BCUT2D eigenvalue weighted by Gasteiger charge is 2.29. The quantitative estimate of drug-likeness (QED) is 0.695. The Hall–Kier alpha value is -1.88. The molecule has 2 aromatic rings. The van der Waals surface area contributed by atoms with Crippen molar-refractivity contribution < 1.29 is 9.53 Å². The van der Waals surface area contributed by atoms with Gasteiger partial charge < -0.3 is 9.64 Å². The number of benzene rings is 1. The summed E-state index contributed by atoms with van der Waals surface area (Å²) in [4.78, 5) is 20.2. The van der Waals surface area contributed by atoms with Gasteiger partial charge in [0.1, 0.15) is 5.60 Å². The van der Waals surface area contributed by atoms with E-state index in [9.17, 15) is 4.79 Å². The van der Waals surface area contributed by atoms with E-state index in [-0.39, 0.29) is 6.09 Å². The van der Waals surface area contributed by atoms with E-state index in [0.29, 0.717) is 5.92 Å². The highest BCUT2D eigenvalue weighted by Crippen LogP contribution is 2.37. The minimum absolute atomic E-state index is 0.202. The van der Waals surface area contributed by atoms with Gasteiger partial charge in [0.05, 0.1) is 15.6 Å². The molecule has 140 valence electrons. The zero-order chi connectivity index (χ0) is 18.9. The lowest BCUT2D eigenvalue weighted by Crippen LogP contribution is -2.41. The Kier molecular flexibility index (Phi) is 5.37. The zero-order valence-electron chi connectivity index (χ0n) is 16.3. The summed E-state index contributed by atoms with van der Waals surface area (Å²) in [5.74, 6) is 0.427. The van der Waals surface area contributed by atoms with Crippen LogP contribution in [-0.2, 0) is 4.74 Å². The van der Waals surface area contributed by atoms with Crippen LogP contribution in [0.25, 0.3) is 10.4 Å². The molecule has 4 nitrogen and oxygen atoms in total. The molecule has 1 aromatic carbocycles. The number of amides is 1. The van der Waals surface area contributed by atoms with Crippen LogP contribution in [0.3, 0.4) is 0 Å². The third-order valence-corrected chi connectivity index (χ3v) is 5.96. The average molecular weight is 373 g/mol. The minimum atomic E-state index is -0.441. The molecular formula is C21H28N2O2S. The molecule has 0 saturated carbocycles. The third kappa shape index (κ3) is 4.44. The Labute approximate surface area is 160 Å². The van der Waals surface area contributed by atoms with Gasteiger partial charge in [0.2, 0.25) is 0 Å². The van der Waals surface area contributed by atoms with E-state index in [2.05, 4.69) is 38.1 Å². The molecule has 0 unspecified atom stereocenters. The second kappa shape index (κ2) is 7.39. The Morgan fingerprint density at radius 2 is 1.92 bits per heavy atom. The number of aryl methyl sites for hydroxylation is 2. The summed E-state index contributed by atoms with van der Waals surface area (Å²) in [6.45, 7) is 11.4. The van der Waals surface area contributed by atoms with Crippen molar-refractivity contribution in [2.24, 2.45) is 0 Å². The number of carbonyl (C=O) groups excluding carboxylic acids is 1. The minimum Gasteiger partial charge on any atom is -0.444 e. The van der Waals surface area contributed by atoms with Crippen LogP contribution >= 0.6 is 11.3 Å². The fourth-order valence-electron chi connectivity index (χ4n) is 3.28. The van der Waals surface area contributed by atoms with Crippen LogP contribution in [0.15, 0.2) is 24.3 Å². The molecule has 0 aliphatic carbocycles. The molecule has 0 radical (unpaired) electrons. The third-order valence-electron chi connectivity index (χ3n) is 4.59. The highest BCUT2D eigenvalue weighted by molar-refractivity contribution is 7.15. The van der Waals surface area contributed by atoms with Crippen LogP contribution in [0, 0.1) is 13.8 Å². The zero-order valence-corrected chi connectivity index (χ0v) is 17.2. The van der Waals surface area contributed by atoms with Gasteiger partial charge >= 0.3 is 6.09 Å². The van der Waals surface area contributed by atoms with Crippen molar-refractivity contribution in [3.8, 4) is 10.4 Å². The molecule has 1 aliphatic heterocycles. The van der Waals surface area contributed by atoms with Gasteiger partial charge in [-0.3, -0.25) is 0 Å². The Balaban J connectivity index is 1.67. The van der Waals surface area contributed by atoms with Crippen LogP contribution in [0.2, 0.25) is 0 Å². The average Bonchev–Trinajstić information content (AvgIpc) is 2.95. The van der Waals surface area contributed by atoms with Crippen LogP contribution in [0.1, 0.15) is 55.8 Å². The second-order valence-electron chi connectivity index (χ2n) is 8.08. The molecule has 0 atom stereocenters. The summed E-state index contributed by atoms with van der Waals surface area (Å²) in [5, 5.41) is 1.20. The van der Waals surface area contributed by atoms with E-state index in [1.54, 1.807) is 11.3 Å².